The zero-order chi connectivity index (χ0) is 11.3. The van der Waals surface area contributed by atoms with Crippen molar-refractivity contribution in [1.29, 1.82) is 0 Å². The van der Waals surface area contributed by atoms with Gasteiger partial charge in [0.25, 0.3) is 0 Å². The largest absolute Gasteiger partial charge is 0.368 e. The smallest absolute Gasteiger partial charge is 0.0825 e. The lowest BCUT2D eigenvalue weighted by Crippen LogP contribution is -2.27. The molecule has 0 N–H and O–H groups in total. The highest BCUT2D eigenvalue weighted by Gasteiger charge is 2.11. The van der Waals surface area contributed by atoms with Crippen molar-refractivity contribution >= 4 is 52.1 Å². The van der Waals surface area contributed by atoms with Crippen LogP contribution in [0, 0.1) is 0 Å². The van der Waals surface area contributed by atoms with Gasteiger partial charge >= 0.3 is 0 Å². The first kappa shape index (κ1) is 13.2. The maximum Gasteiger partial charge on any atom is 0.0825 e. The van der Waals surface area contributed by atoms with Crippen LogP contribution < -0.4 is 4.90 Å². The summed E-state index contributed by atoms with van der Waals surface area (Å²) in [6.45, 7) is 1.41. The summed E-state index contributed by atoms with van der Waals surface area (Å²) in [5.41, 5.74) is 0.880. The number of hydrogen-bond acceptors (Lipinski definition) is 1. The van der Waals surface area contributed by atoms with Gasteiger partial charge < -0.3 is 4.90 Å². The van der Waals surface area contributed by atoms with Crippen molar-refractivity contribution in [2.24, 2.45) is 0 Å². The van der Waals surface area contributed by atoms with Gasteiger partial charge in [-0.15, -0.1) is 23.2 Å². The Morgan fingerprint density at radius 3 is 2.13 bits per heavy atom. The zero-order valence-electron chi connectivity index (χ0n) is 8.02. The van der Waals surface area contributed by atoms with Gasteiger partial charge in [0.15, 0.2) is 0 Å². The molecule has 0 aliphatic carbocycles. The Balaban J connectivity index is 2.94. The summed E-state index contributed by atoms with van der Waals surface area (Å²) < 4.78 is 0. The standard InChI is InChI=1S/C10H11Cl4N/c11-4-6-15(7-5-12)9-3-1-2-8(13)10(9)14/h1-3H,4-7H2. The van der Waals surface area contributed by atoms with E-state index >= 15 is 0 Å². The third-order valence-electron chi connectivity index (χ3n) is 1.98. The molecule has 0 radical (unpaired) electrons. The number of benzene rings is 1. The molecule has 5 heteroatoms. The molecule has 15 heavy (non-hydrogen) atoms. The van der Waals surface area contributed by atoms with Crippen LogP contribution >= 0.6 is 46.4 Å². The molecular formula is C10H11Cl4N. The lowest BCUT2D eigenvalue weighted by Gasteiger charge is -2.24. The van der Waals surface area contributed by atoms with Crippen LogP contribution in [-0.2, 0) is 0 Å². The summed E-state index contributed by atoms with van der Waals surface area (Å²) in [6.07, 6.45) is 0. The van der Waals surface area contributed by atoms with Gasteiger partial charge in [0.2, 0.25) is 0 Å². The highest BCUT2D eigenvalue weighted by molar-refractivity contribution is 6.43. The van der Waals surface area contributed by atoms with Crippen molar-refractivity contribution in [1.82, 2.24) is 0 Å². The van der Waals surface area contributed by atoms with E-state index in [1.807, 2.05) is 17.0 Å². The quantitative estimate of drug-likeness (QED) is 0.731. The molecule has 0 bridgehead atoms. The molecule has 1 aromatic rings. The van der Waals surface area contributed by atoms with Crippen LogP contribution in [0.5, 0.6) is 0 Å². The van der Waals surface area contributed by atoms with E-state index in [1.54, 1.807) is 6.07 Å². The van der Waals surface area contributed by atoms with Gasteiger partial charge in [-0.25, -0.2) is 0 Å². The van der Waals surface area contributed by atoms with Crippen LogP contribution in [0.2, 0.25) is 10.0 Å². The molecule has 0 atom stereocenters. The van der Waals surface area contributed by atoms with Crippen molar-refractivity contribution in [3.63, 3.8) is 0 Å². The molecule has 0 aromatic heterocycles. The van der Waals surface area contributed by atoms with Gasteiger partial charge in [-0.3, -0.25) is 0 Å². The van der Waals surface area contributed by atoms with Crippen LogP contribution in [-0.4, -0.2) is 24.8 Å². The molecule has 0 aliphatic heterocycles. The fourth-order valence-electron chi connectivity index (χ4n) is 1.29. The fourth-order valence-corrected chi connectivity index (χ4v) is 2.12. The first-order chi connectivity index (χ1) is 7.20. The van der Waals surface area contributed by atoms with E-state index in [9.17, 15) is 0 Å². The number of hydrogen-bond donors (Lipinski definition) is 0. The Labute approximate surface area is 110 Å². The normalized spacial score (nSPS) is 10.4. The zero-order valence-corrected chi connectivity index (χ0v) is 11.0. The molecule has 0 saturated carbocycles. The minimum atomic E-state index is 0.528. The maximum atomic E-state index is 6.10. The highest BCUT2D eigenvalue weighted by atomic mass is 35.5. The Kier molecular flexibility index (Phi) is 5.91. The molecular weight excluding hydrogens is 276 g/mol. The van der Waals surface area contributed by atoms with Crippen molar-refractivity contribution in [3.8, 4) is 0 Å². The van der Waals surface area contributed by atoms with Gasteiger partial charge in [-0.1, -0.05) is 29.3 Å². The molecule has 0 spiro atoms. The van der Waals surface area contributed by atoms with E-state index in [1.165, 1.54) is 0 Å². The fraction of sp³-hybridized carbons (Fsp3) is 0.400. The minimum Gasteiger partial charge on any atom is -0.368 e. The summed E-state index contributed by atoms with van der Waals surface area (Å²) in [5, 5.41) is 1.10. The van der Waals surface area contributed by atoms with Crippen molar-refractivity contribution in [2.45, 2.75) is 0 Å². The monoisotopic (exact) mass is 285 g/mol. The third kappa shape index (κ3) is 3.60. The molecule has 0 aliphatic rings. The summed E-state index contributed by atoms with van der Waals surface area (Å²) >= 11 is 23.5. The van der Waals surface area contributed by atoms with E-state index < -0.39 is 0 Å². The van der Waals surface area contributed by atoms with Crippen LogP contribution in [0.4, 0.5) is 5.69 Å². The third-order valence-corrected chi connectivity index (χ3v) is 3.13. The van der Waals surface area contributed by atoms with Crippen molar-refractivity contribution < 1.29 is 0 Å². The van der Waals surface area contributed by atoms with Crippen molar-refractivity contribution in [3.05, 3.63) is 28.2 Å². The molecule has 1 nitrogen and oxygen atoms in total. The second-order valence-electron chi connectivity index (χ2n) is 2.94. The second-order valence-corrected chi connectivity index (χ2v) is 4.48. The van der Waals surface area contributed by atoms with Gasteiger partial charge in [-0.2, -0.15) is 0 Å². The Morgan fingerprint density at radius 2 is 1.60 bits per heavy atom. The second kappa shape index (κ2) is 6.70. The first-order valence-electron chi connectivity index (χ1n) is 4.51. The SMILES string of the molecule is ClCCN(CCCl)c1cccc(Cl)c1Cl. The van der Waals surface area contributed by atoms with E-state index in [4.69, 9.17) is 46.4 Å². The summed E-state index contributed by atoms with van der Waals surface area (Å²) in [7, 11) is 0. The summed E-state index contributed by atoms with van der Waals surface area (Å²) in [6, 6.07) is 5.53. The van der Waals surface area contributed by atoms with Crippen molar-refractivity contribution in [2.75, 3.05) is 29.7 Å². The average molecular weight is 287 g/mol. The molecule has 0 fully saturated rings. The lowest BCUT2D eigenvalue weighted by atomic mass is 10.3. The van der Waals surface area contributed by atoms with Gasteiger partial charge in [-0.05, 0) is 12.1 Å². The van der Waals surface area contributed by atoms with Gasteiger partial charge in [0, 0.05) is 24.8 Å². The van der Waals surface area contributed by atoms with E-state index in [2.05, 4.69) is 0 Å². The van der Waals surface area contributed by atoms with E-state index in [0.29, 0.717) is 34.9 Å². The van der Waals surface area contributed by atoms with E-state index in [0.717, 1.165) is 5.69 Å². The average Bonchev–Trinajstić information content (AvgIpc) is 2.22. The lowest BCUT2D eigenvalue weighted by molar-refractivity contribution is 0.874. The minimum absolute atomic E-state index is 0.528. The molecule has 0 saturated heterocycles. The van der Waals surface area contributed by atoms with Crippen LogP contribution in [0.25, 0.3) is 0 Å². The van der Waals surface area contributed by atoms with Crippen LogP contribution in [0.3, 0.4) is 0 Å². The van der Waals surface area contributed by atoms with Crippen LogP contribution in [0.1, 0.15) is 0 Å². The molecule has 84 valence electrons. The Bertz CT molecular complexity index is 310. The Morgan fingerprint density at radius 1 is 1.00 bits per heavy atom. The predicted molar refractivity (Wildman–Crippen MR) is 70.1 cm³/mol. The van der Waals surface area contributed by atoms with Gasteiger partial charge in [0.05, 0.1) is 15.7 Å². The number of rotatable bonds is 5. The predicted octanol–water partition coefficient (Wildman–Crippen LogP) is 4.28. The molecule has 1 rings (SSSR count). The maximum absolute atomic E-state index is 6.10. The highest BCUT2D eigenvalue weighted by Crippen LogP contribution is 2.32. The van der Waals surface area contributed by atoms with E-state index in [-0.39, 0.29) is 0 Å². The Hall–Kier alpha value is 0.180. The van der Waals surface area contributed by atoms with Crippen LogP contribution in [0.15, 0.2) is 18.2 Å². The number of anilines is 1. The molecule has 0 amide bonds. The summed E-state index contributed by atoms with van der Waals surface area (Å²) in [4.78, 5) is 2.02. The molecule has 0 heterocycles. The number of halogens is 4. The molecule has 1 aromatic carbocycles. The van der Waals surface area contributed by atoms with Gasteiger partial charge in [0.1, 0.15) is 0 Å². The number of nitrogens with zero attached hydrogens (tertiary/aromatic N) is 1. The summed E-state index contributed by atoms with van der Waals surface area (Å²) in [5.74, 6) is 1.06. The first-order valence-corrected chi connectivity index (χ1v) is 6.34. The number of alkyl halides is 2. The topological polar surface area (TPSA) is 3.24 Å². The molecule has 0 unspecified atom stereocenters.